The third kappa shape index (κ3) is 6.06. The van der Waals surface area contributed by atoms with E-state index in [4.69, 9.17) is 9.84 Å². The van der Waals surface area contributed by atoms with Gasteiger partial charge in [-0.3, -0.25) is 19.4 Å². The van der Waals surface area contributed by atoms with Crippen molar-refractivity contribution in [3.05, 3.63) is 102 Å². The molecule has 1 aliphatic heterocycles. The van der Waals surface area contributed by atoms with Gasteiger partial charge in [-0.25, -0.2) is 0 Å². The number of hydrogen-bond donors (Lipinski definition) is 1. The topological polar surface area (TPSA) is 72.3 Å². The lowest BCUT2D eigenvalue weighted by Crippen LogP contribution is -2.40. The summed E-state index contributed by atoms with van der Waals surface area (Å²) in [5.74, 6) is 0.700. The average Bonchev–Trinajstić information content (AvgIpc) is 3.39. The fraction of sp³-hybridized carbons (Fsp3) is 0.300. The summed E-state index contributed by atoms with van der Waals surface area (Å²) in [6.45, 7) is 3.16. The van der Waals surface area contributed by atoms with Crippen molar-refractivity contribution in [2.45, 2.75) is 31.8 Å². The molecule has 7 heteroatoms. The van der Waals surface area contributed by atoms with E-state index < -0.39 is 0 Å². The van der Waals surface area contributed by atoms with Crippen LogP contribution in [0.2, 0.25) is 0 Å². The van der Waals surface area contributed by atoms with Gasteiger partial charge in [0.05, 0.1) is 25.3 Å². The van der Waals surface area contributed by atoms with Gasteiger partial charge in [-0.05, 0) is 61.3 Å². The number of rotatable bonds is 9. The van der Waals surface area contributed by atoms with Crippen molar-refractivity contribution in [3.8, 4) is 17.0 Å². The van der Waals surface area contributed by atoms with Gasteiger partial charge >= 0.3 is 0 Å². The maximum atomic E-state index is 13.6. The van der Waals surface area contributed by atoms with Gasteiger partial charge in [0.2, 0.25) is 0 Å². The third-order valence-electron chi connectivity index (χ3n) is 6.92. The molecular formula is C30H33N5O2. The lowest BCUT2D eigenvalue weighted by molar-refractivity contribution is 0.0925. The van der Waals surface area contributed by atoms with Crippen LogP contribution in [0.3, 0.4) is 0 Å². The molecule has 1 fully saturated rings. The first-order valence-electron chi connectivity index (χ1n) is 12.9. The monoisotopic (exact) mass is 495 g/mol. The molecule has 3 heterocycles. The molecule has 0 radical (unpaired) electrons. The number of pyridine rings is 1. The molecular weight excluding hydrogens is 462 g/mol. The molecule has 0 saturated carbocycles. The summed E-state index contributed by atoms with van der Waals surface area (Å²) in [7, 11) is 1.68. The minimum Gasteiger partial charge on any atom is -0.497 e. The Labute approximate surface area is 218 Å². The Hall–Kier alpha value is -3.97. The molecule has 1 amide bonds. The van der Waals surface area contributed by atoms with E-state index in [1.54, 1.807) is 19.5 Å². The predicted molar refractivity (Wildman–Crippen MR) is 144 cm³/mol. The third-order valence-corrected chi connectivity index (χ3v) is 6.92. The zero-order valence-electron chi connectivity index (χ0n) is 21.2. The van der Waals surface area contributed by atoms with E-state index in [1.165, 1.54) is 24.8 Å². The second-order valence-electron chi connectivity index (χ2n) is 9.41. The fourth-order valence-corrected chi connectivity index (χ4v) is 4.95. The first-order chi connectivity index (χ1) is 18.2. The van der Waals surface area contributed by atoms with Crippen LogP contribution in [0.15, 0.2) is 85.3 Å². The molecule has 7 nitrogen and oxygen atoms in total. The SMILES string of the molecule is COc1ccc([C@H](CNC(=O)c2cn(Cc3ccccc3)nc2-c2cccnc2)N2CCCCC2)cc1. The molecule has 190 valence electrons. The molecule has 37 heavy (non-hydrogen) atoms. The normalized spacial score (nSPS) is 14.7. The maximum Gasteiger partial charge on any atom is 0.255 e. The van der Waals surface area contributed by atoms with Crippen LogP contribution in [0.25, 0.3) is 11.3 Å². The zero-order chi connectivity index (χ0) is 25.5. The molecule has 1 saturated heterocycles. The summed E-state index contributed by atoms with van der Waals surface area (Å²) in [6, 6.07) is 22.2. The summed E-state index contributed by atoms with van der Waals surface area (Å²) in [5.41, 5.74) is 4.31. The highest BCUT2D eigenvalue weighted by atomic mass is 16.5. The van der Waals surface area contributed by atoms with Crippen LogP contribution in [0.1, 0.15) is 46.8 Å². The quantitative estimate of drug-likeness (QED) is 0.355. The number of ether oxygens (including phenoxy) is 1. The summed E-state index contributed by atoms with van der Waals surface area (Å²) >= 11 is 0. The van der Waals surface area contributed by atoms with Crippen LogP contribution in [-0.2, 0) is 6.54 Å². The van der Waals surface area contributed by atoms with Gasteiger partial charge < -0.3 is 10.1 Å². The number of nitrogens with zero attached hydrogens (tertiary/aromatic N) is 4. The average molecular weight is 496 g/mol. The molecule has 0 unspecified atom stereocenters. The number of hydrogen-bond acceptors (Lipinski definition) is 5. The van der Waals surface area contributed by atoms with Crippen molar-refractivity contribution in [2.24, 2.45) is 0 Å². The van der Waals surface area contributed by atoms with Crippen molar-refractivity contribution in [3.63, 3.8) is 0 Å². The smallest absolute Gasteiger partial charge is 0.255 e. The molecule has 1 atom stereocenters. The number of nitrogens with one attached hydrogen (secondary N) is 1. The van der Waals surface area contributed by atoms with Gasteiger partial charge in [-0.2, -0.15) is 5.10 Å². The van der Waals surface area contributed by atoms with Crippen LogP contribution in [-0.4, -0.2) is 52.3 Å². The largest absolute Gasteiger partial charge is 0.497 e. The van der Waals surface area contributed by atoms with Crippen LogP contribution in [0.4, 0.5) is 0 Å². The number of piperidine rings is 1. The van der Waals surface area contributed by atoms with Gasteiger partial charge in [0.15, 0.2) is 0 Å². The van der Waals surface area contributed by atoms with Crippen molar-refractivity contribution < 1.29 is 9.53 Å². The molecule has 2 aromatic heterocycles. The molecule has 2 aromatic carbocycles. The summed E-state index contributed by atoms with van der Waals surface area (Å²) in [4.78, 5) is 20.3. The van der Waals surface area contributed by atoms with E-state index >= 15 is 0 Å². The standard InChI is InChI=1S/C30H33N5O2/c1-37-26-14-12-24(13-15-26)28(34-17-6-3-7-18-34)20-32-30(36)27-22-35(21-23-9-4-2-5-10-23)33-29(27)25-11-8-16-31-19-25/h2,4-5,8-16,19,22,28H,3,6-7,17-18,20-21H2,1H3,(H,32,36)/t28-/m0/s1. The van der Waals surface area contributed by atoms with Gasteiger partial charge in [-0.15, -0.1) is 0 Å². The first kappa shape index (κ1) is 24.7. The molecule has 0 bridgehead atoms. The number of amides is 1. The van der Waals surface area contributed by atoms with E-state index in [0.29, 0.717) is 24.3 Å². The molecule has 5 rings (SSSR count). The molecule has 1 aliphatic rings. The summed E-state index contributed by atoms with van der Waals surface area (Å²) in [6.07, 6.45) is 8.93. The van der Waals surface area contributed by atoms with Crippen molar-refractivity contribution in [2.75, 3.05) is 26.7 Å². The highest BCUT2D eigenvalue weighted by molar-refractivity contribution is 5.99. The Kier molecular flexibility index (Phi) is 7.91. The second-order valence-corrected chi connectivity index (χ2v) is 9.41. The van der Waals surface area contributed by atoms with E-state index in [9.17, 15) is 4.79 Å². The van der Waals surface area contributed by atoms with Gasteiger partial charge in [0.1, 0.15) is 11.4 Å². The minimum absolute atomic E-state index is 0.0939. The minimum atomic E-state index is -0.131. The van der Waals surface area contributed by atoms with Crippen molar-refractivity contribution in [1.82, 2.24) is 25.0 Å². The Morgan fingerprint density at radius 2 is 1.78 bits per heavy atom. The van der Waals surface area contributed by atoms with E-state index in [-0.39, 0.29) is 11.9 Å². The number of methoxy groups -OCH3 is 1. The first-order valence-corrected chi connectivity index (χ1v) is 12.9. The Bertz CT molecular complexity index is 1280. The van der Waals surface area contributed by atoms with Gasteiger partial charge in [0.25, 0.3) is 5.91 Å². The number of carbonyl (C=O) groups excluding carboxylic acids is 1. The number of carbonyl (C=O) groups is 1. The number of benzene rings is 2. The maximum absolute atomic E-state index is 13.6. The predicted octanol–water partition coefficient (Wildman–Crippen LogP) is 4.96. The lowest BCUT2D eigenvalue weighted by Gasteiger charge is -2.35. The van der Waals surface area contributed by atoms with Crippen molar-refractivity contribution in [1.29, 1.82) is 0 Å². The van der Waals surface area contributed by atoms with Crippen LogP contribution in [0.5, 0.6) is 5.75 Å². The summed E-state index contributed by atoms with van der Waals surface area (Å²) in [5, 5.41) is 8.01. The number of likely N-dealkylation sites (tertiary alicyclic amines) is 1. The Morgan fingerprint density at radius 3 is 2.49 bits per heavy atom. The fourth-order valence-electron chi connectivity index (χ4n) is 4.95. The van der Waals surface area contributed by atoms with Crippen LogP contribution in [0, 0.1) is 0 Å². The zero-order valence-corrected chi connectivity index (χ0v) is 21.2. The van der Waals surface area contributed by atoms with E-state index in [0.717, 1.165) is 30.0 Å². The van der Waals surface area contributed by atoms with Crippen LogP contribution >= 0.6 is 0 Å². The summed E-state index contributed by atoms with van der Waals surface area (Å²) < 4.78 is 7.18. The van der Waals surface area contributed by atoms with Crippen LogP contribution < -0.4 is 10.1 Å². The Balaban J connectivity index is 1.39. The van der Waals surface area contributed by atoms with Gasteiger partial charge in [0, 0.05) is 30.7 Å². The highest BCUT2D eigenvalue weighted by Gasteiger charge is 2.25. The molecule has 0 aliphatic carbocycles. The molecule has 0 spiro atoms. The highest BCUT2D eigenvalue weighted by Crippen LogP contribution is 2.27. The Morgan fingerprint density at radius 1 is 1.00 bits per heavy atom. The molecule has 4 aromatic rings. The number of aromatic nitrogens is 3. The second kappa shape index (κ2) is 11.8. The van der Waals surface area contributed by atoms with Gasteiger partial charge in [-0.1, -0.05) is 48.9 Å². The lowest BCUT2D eigenvalue weighted by atomic mass is 10.0. The van der Waals surface area contributed by atoms with E-state index in [1.807, 2.05) is 53.3 Å². The van der Waals surface area contributed by atoms with E-state index in [2.05, 4.69) is 39.5 Å². The molecule has 1 N–H and O–H groups in total. The van der Waals surface area contributed by atoms with Crippen molar-refractivity contribution >= 4 is 5.91 Å².